The fraction of sp³-hybridized carbons (Fsp3) is 0.125. The SMILES string of the molecule is C=Cc1ccc(C(C)(O)c2ccccc2Cl)cc1. The number of rotatable bonds is 3. The molecule has 0 aliphatic carbocycles. The second-order valence-corrected chi connectivity index (χ2v) is 4.79. The third kappa shape index (κ3) is 2.33. The molecule has 1 nitrogen and oxygen atoms in total. The molecule has 92 valence electrons. The van der Waals surface area contributed by atoms with E-state index in [0.29, 0.717) is 10.6 Å². The molecule has 18 heavy (non-hydrogen) atoms. The average molecular weight is 259 g/mol. The van der Waals surface area contributed by atoms with Crippen molar-refractivity contribution in [3.8, 4) is 0 Å². The van der Waals surface area contributed by atoms with Gasteiger partial charge in [0.05, 0.1) is 0 Å². The molecule has 2 aromatic carbocycles. The van der Waals surface area contributed by atoms with E-state index in [2.05, 4.69) is 6.58 Å². The quantitative estimate of drug-likeness (QED) is 0.873. The van der Waals surface area contributed by atoms with E-state index in [1.807, 2.05) is 42.5 Å². The maximum Gasteiger partial charge on any atom is 0.113 e. The van der Waals surface area contributed by atoms with Crippen molar-refractivity contribution < 1.29 is 5.11 Å². The van der Waals surface area contributed by atoms with Gasteiger partial charge in [0.15, 0.2) is 0 Å². The van der Waals surface area contributed by atoms with Gasteiger partial charge < -0.3 is 5.11 Å². The van der Waals surface area contributed by atoms with Gasteiger partial charge in [-0.1, -0.05) is 66.7 Å². The second kappa shape index (κ2) is 4.97. The first-order chi connectivity index (χ1) is 8.55. The fourth-order valence-electron chi connectivity index (χ4n) is 1.96. The second-order valence-electron chi connectivity index (χ2n) is 4.38. The van der Waals surface area contributed by atoms with Crippen molar-refractivity contribution in [1.82, 2.24) is 0 Å². The Hall–Kier alpha value is -1.57. The summed E-state index contributed by atoms with van der Waals surface area (Å²) in [5.41, 5.74) is 1.44. The zero-order chi connectivity index (χ0) is 13.2. The molecule has 1 atom stereocenters. The van der Waals surface area contributed by atoms with Crippen LogP contribution in [0.4, 0.5) is 0 Å². The van der Waals surface area contributed by atoms with Gasteiger partial charge in [-0.2, -0.15) is 0 Å². The summed E-state index contributed by atoms with van der Waals surface area (Å²) in [7, 11) is 0. The molecule has 0 fully saturated rings. The number of benzene rings is 2. The molecule has 2 heteroatoms. The van der Waals surface area contributed by atoms with E-state index in [4.69, 9.17) is 11.6 Å². The van der Waals surface area contributed by atoms with Gasteiger partial charge in [0.25, 0.3) is 0 Å². The van der Waals surface area contributed by atoms with Crippen molar-refractivity contribution in [3.63, 3.8) is 0 Å². The molecule has 0 aliphatic heterocycles. The van der Waals surface area contributed by atoms with Crippen LogP contribution >= 0.6 is 11.6 Å². The summed E-state index contributed by atoms with van der Waals surface area (Å²) in [6.45, 7) is 5.46. The van der Waals surface area contributed by atoms with Gasteiger partial charge in [0, 0.05) is 10.6 Å². The zero-order valence-corrected chi connectivity index (χ0v) is 11.0. The van der Waals surface area contributed by atoms with Crippen LogP contribution in [0.1, 0.15) is 23.6 Å². The van der Waals surface area contributed by atoms with E-state index in [1.54, 1.807) is 19.1 Å². The highest BCUT2D eigenvalue weighted by molar-refractivity contribution is 6.31. The Morgan fingerprint density at radius 2 is 1.72 bits per heavy atom. The van der Waals surface area contributed by atoms with Gasteiger partial charge in [-0.05, 0) is 24.1 Å². The van der Waals surface area contributed by atoms with E-state index in [1.165, 1.54) is 0 Å². The minimum Gasteiger partial charge on any atom is -0.381 e. The molecule has 0 spiro atoms. The first-order valence-electron chi connectivity index (χ1n) is 5.76. The molecule has 1 unspecified atom stereocenters. The molecule has 0 radical (unpaired) electrons. The van der Waals surface area contributed by atoms with E-state index < -0.39 is 5.60 Å². The van der Waals surface area contributed by atoms with Crippen LogP contribution in [0.3, 0.4) is 0 Å². The van der Waals surface area contributed by atoms with Gasteiger partial charge in [-0.3, -0.25) is 0 Å². The standard InChI is InChI=1S/C16H15ClO/c1-3-12-8-10-13(11-9-12)16(2,18)14-6-4-5-7-15(14)17/h3-11,18H,1H2,2H3. The Bertz CT molecular complexity index is 556. The summed E-state index contributed by atoms with van der Waals surface area (Å²) in [6.07, 6.45) is 1.77. The average Bonchev–Trinajstić information content (AvgIpc) is 2.39. The Labute approximate surface area is 112 Å². The monoisotopic (exact) mass is 258 g/mol. The van der Waals surface area contributed by atoms with Crippen molar-refractivity contribution in [2.45, 2.75) is 12.5 Å². The number of halogens is 1. The van der Waals surface area contributed by atoms with Crippen LogP contribution in [0.5, 0.6) is 0 Å². The molecular weight excluding hydrogens is 244 g/mol. The van der Waals surface area contributed by atoms with E-state index in [9.17, 15) is 5.11 Å². The van der Waals surface area contributed by atoms with Gasteiger partial charge >= 0.3 is 0 Å². The predicted octanol–water partition coefficient (Wildman–Crippen LogP) is 4.24. The summed E-state index contributed by atoms with van der Waals surface area (Å²) in [5.74, 6) is 0. The van der Waals surface area contributed by atoms with Gasteiger partial charge in [0.1, 0.15) is 5.60 Å². The molecule has 0 amide bonds. The van der Waals surface area contributed by atoms with Crippen molar-refractivity contribution in [2.24, 2.45) is 0 Å². The minimum atomic E-state index is -1.10. The Morgan fingerprint density at radius 3 is 2.28 bits per heavy atom. The zero-order valence-electron chi connectivity index (χ0n) is 10.2. The van der Waals surface area contributed by atoms with Crippen LogP contribution < -0.4 is 0 Å². The largest absolute Gasteiger partial charge is 0.381 e. The maximum absolute atomic E-state index is 10.7. The molecule has 0 heterocycles. The van der Waals surface area contributed by atoms with E-state index in [0.717, 1.165) is 11.1 Å². The molecular formula is C16H15ClO. The van der Waals surface area contributed by atoms with Crippen molar-refractivity contribution in [2.75, 3.05) is 0 Å². The molecule has 2 rings (SSSR count). The predicted molar refractivity (Wildman–Crippen MR) is 76.7 cm³/mol. The van der Waals surface area contributed by atoms with Crippen LogP contribution in [0, 0.1) is 0 Å². The lowest BCUT2D eigenvalue weighted by Crippen LogP contribution is -2.23. The lowest BCUT2D eigenvalue weighted by atomic mass is 9.88. The summed E-state index contributed by atoms with van der Waals surface area (Å²) in [6, 6.07) is 15.0. The normalized spacial score (nSPS) is 13.9. The molecule has 0 aromatic heterocycles. The lowest BCUT2D eigenvalue weighted by molar-refractivity contribution is 0.102. The van der Waals surface area contributed by atoms with Gasteiger partial charge in [-0.15, -0.1) is 0 Å². The van der Waals surface area contributed by atoms with Crippen LogP contribution in [0.25, 0.3) is 6.08 Å². The number of hydrogen-bond donors (Lipinski definition) is 1. The highest BCUT2D eigenvalue weighted by Gasteiger charge is 2.27. The van der Waals surface area contributed by atoms with Crippen LogP contribution in [-0.4, -0.2) is 5.11 Å². The molecule has 0 saturated carbocycles. The van der Waals surface area contributed by atoms with Crippen molar-refractivity contribution >= 4 is 17.7 Å². The minimum absolute atomic E-state index is 0.565. The first-order valence-corrected chi connectivity index (χ1v) is 6.14. The fourth-order valence-corrected chi connectivity index (χ4v) is 2.27. The summed E-state index contributed by atoms with van der Waals surface area (Å²) in [4.78, 5) is 0. The van der Waals surface area contributed by atoms with Crippen LogP contribution in [-0.2, 0) is 5.60 Å². The highest BCUT2D eigenvalue weighted by Crippen LogP contribution is 2.33. The molecule has 0 bridgehead atoms. The Balaban J connectivity index is 2.47. The summed E-state index contributed by atoms with van der Waals surface area (Å²) in [5, 5.41) is 11.3. The Kier molecular flexibility index (Phi) is 3.55. The van der Waals surface area contributed by atoms with E-state index >= 15 is 0 Å². The topological polar surface area (TPSA) is 20.2 Å². The summed E-state index contributed by atoms with van der Waals surface area (Å²) >= 11 is 6.14. The number of aliphatic hydroxyl groups is 1. The van der Waals surface area contributed by atoms with Crippen LogP contribution in [0.2, 0.25) is 5.02 Å². The molecule has 0 aliphatic rings. The third-order valence-corrected chi connectivity index (χ3v) is 3.44. The molecule has 2 aromatic rings. The summed E-state index contributed by atoms with van der Waals surface area (Å²) < 4.78 is 0. The Morgan fingerprint density at radius 1 is 1.11 bits per heavy atom. The third-order valence-electron chi connectivity index (χ3n) is 3.11. The lowest BCUT2D eigenvalue weighted by Gasteiger charge is -2.25. The van der Waals surface area contributed by atoms with Crippen LogP contribution in [0.15, 0.2) is 55.1 Å². The smallest absolute Gasteiger partial charge is 0.113 e. The van der Waals surface area contributed by atoms with E-state index in [-0.39, 0.29) is 0 Å². The first kappa shape index (κ1) is 12.9. The maximum atomic E-state index is 10.7. The van der Waals surface area contributed by atoms with Gasteiger partial charge in [-0.25, -0.2) is 0 Å². The molecule has 0 saturated heterocycles. The van der Waals surface area contributed by atoms with Crippen molar-refractivity contribution in [3.05, 3.63) is 76.8 Å². The number of hydrogen-bond acceptors (Lipinski definition) is 1. The highest BCUT2D eigenvalue weighted by atomic mass is 35.5. The van der Waals surface area contributed by atoms with Gasteiger partial charge in [0.2, 0.25) is 0 Å². The van der Waals surface area contributed by atoms with Crippen molar-refractivity contribution in [1.29, 1.82) is 0 Å². The molecule has 1 N–H and O–H groups in total.